The lowest BCUT2D eigenvalue weighted by Crippen LogP contribution is -2.20. The third-order valence-electron chi connectivity index (χ3n) is 3.52. The van der Waals surface area contributed by atoms with Crippen molar-refractivity contribution in [3.05, 3.63) is 70.1 Å². The highest BCUT2D eigenvalue weighted by atomic mass is 16.2. The maximum atomic E-state index is 12.5. The molecule has 0 aliphatic heterocycles. The molecule has 0 unspecified atom stereocenters. The number of hydrogen-bond acceptors (Lipinski definition) is 4. The van der Waals surface area contributed by atoms with E-state index in [9.17, 15) is 14.4 Å². The molecule has 0 bridgehead atoms. The number of carbonyl (C=O) groups excluding carboxylic acids is 2. The summed E-state index contributed by atoms with van der Waals surface area (Å²) in [4.78, 5) is 35.9. The zero-order valence-electron chi connectivity index (χ0n) is 12.8. The van der Waals surface area contributed by atoms with E-state index in [2.05, 4.69) is 20.8 Å². The van der Waals surface area contributed by atoms with Crippen LogP contribution in [0.15, 0.2) is 53.3 Å². The Morgan fingerprint density at radius 2 is 1.75 bits per heavy atom. The van der Waals surface area contributed by atoms with E-state index >= 15 is 0 Å². The fourth-order valence-corrected chi connectivity index (χ4v) is 2.36. The summed E-state index contributed by atoms with van der Waals surface area (Å²) >= 11 is 0. The molecule has 7 heteroatoms. The van der Waals surface area contributed by atoms with E-state index in [1.165, 1.54) is 7.05 Å². The van der Waals surface area contributed by atoms with Crippen LogP contribution < -0.4 is 16.2 Å². The van der Waals surface area contributed by atoms with Crippen molar-refractivity contribution in [2.24, 2.45) is 0 Å². The average Bonchev–Trinajstić information content (AvgIpc) is 2.61. The van der Waals surface area contributed by atoms with E-state index in [0.29, 0.717) is 22.0 Å². The molecule has 120 valence electrons. The number of aromatic amines is 1. The lowest BCUT2D eigenvalue weighted by atomic mass is 10.1. The van der Waals surface area contributed by atoms with Gasteiger partial charge in [0.2, 0.25) is 0 Å². The van der Waals surface area contributed by atoms with Gasteiger partial charge in [0, 0.05) is 23.7 Å². The minimum absolute atomic E-state index is 0.107. The summed E-state index contributed by atoms with van der Waals surface area (Å²) in [7, 11) is 1.53. The van der Waals surface area contributed by atoms with Crippen LogP contribution in [0.25, 0.3) is 10.8 Å². The molecule has 1 heterocycles. The van der Waals surface area contributed by atoms with Crippen LogP contribution in [0.5, 0.6) is 0 Å². The van der Waals surface area contributed by atoms with Crippen molar-refractivity contribution >= 4 is 28.3 Å². The third-order valence-corrected chi connectivity index (χ3v) is 3.52. The van der Waals surface area contributed by atoms with Crippen molar-refractivity contribution in [3.8, 4) is 0 Å². The second kappa shape index (κ2) is 6.33. The van der Waals surface area contributed by atoms with Gasteiger partial charge in [-0.25, -0.2) is 5.10 Å². The van der Waals surface area contributed by atoms with Gasteiger partial charge in [0.25, 0.3) is 17.4 Å². The number of amides is 2. The third kappa shape index (κ3) is 2.87. The number of H-pyrrole nitrogens is 1. The largest absolute Gasteiger partial charge is 0.355 e. The van der Waals surface area contributed by atoms with Gasteiger partial charge in [0.15, 0.2) is 5.69 Å². The highest BCUT2D eigenvalue weighted by Gasteiger charge is 2.14. The van der Waals surface area contributed by atoms with Crippen LogP contribution in [0.3, 0.4) is 0 Å². The van der Waals surface area contributed by atoms with Crippen LogP contribution in [-0.4, -0.2) is 29.1 Å². The lowest BCUT2D eigenvalue weighted by molar-refractivity contribution is 0.0961. The number of anilines is 1. The summed E-state index contributed by atoms with van der Waals surface area (Å²) in [5, 5.41) is 12.2. The zero-order valence-corrected chi connectivity index (χ0v) is 12.8. The van der Waals surface area contributed by atoms with Crippen LogP contribution in [0, 0.1) is 0 Å². The van der Waals surface area contributed by atoms with E-state index in [0.717, 1.165) is 0 Å². The minimum atomic E-state index is -0.475. The van der Waals surface area contributed by atoms with Crippen LogP contribution in [0.4, 0.5) is 5.69 Å². The summed E-state index contributed by atoms with van der Waals surface area (Å²) in [5.74, 6) is -0.727. The Balaban J connectivity index is 1.95. The van der Waals surface area contributed by atoms with Crippen LogP contribution >= 0.6 is 0 Å². The van der Waals surface area contributed by atoms with E-state index in [1.54, 1.807) is 48.5 Å². The second-order valence-electron chi connectivity index (χ2n) is 5.06. The van der Waals surface area contributed by atoms with Crippen LogP contribution in [0.2, 0.25) is 0 Å². The predicted molar refractivity (Wildman–Crippen MR) is 90.1 cm³/mol. The molecule has 2 amide bonds. The number of rotatable bonds is 3. The first-order chi connectivity index (χ1) is 11.6. The molecule has 3 aromatic rings. The fourth-order valence-electron chi connectivity index (χ4n) is 2.36. The molecule has 24 heavy (non-hydrogen) atoms. The van der Waals surface area contributed by atoms with Crippen molar-refractivity contribution in [2.45, 2.75) is 0 Å². The Labute approximate surface area is 136 Å². The van der Waals surface area contributed by atoms with Crippen molar-refractivity contribution in [1.29, 1.82) is 0 Å². The lowest BCUT2D eigenvalue weighted by Gasteiger charge is -2.08. The zero-order chi connectivity index (χ0) is 17.1. The monoisotopic (exact) mass is 322 g/mol. The molecule has 0 aliphatic rings. The molecule has 3 N–H and O–H groups in total. The standard InChI is InChI=1S/C17H14N4O3/c1-18-15(22)10-5-4-6-11(9-10)19-17(24)14-12-7-2-3-8-13(12)16(23)21-20-14/h2-9H,1H3,(H,18,22)(H,19,24)(H,21,23). The van der Waals surface area contributed by atoms with Crippen molar-refractivity contribution in [1.82, 2.24) is 15.5 Å². The first-order valence-corrected chi connectivity index (χ1v) is 7.21. The summed E-state index contributed by atoms with van der Waals surface area (Å²) in [6.07, 6.45) is 0. The second-order valence-corrected chi connectivity index (χ2v) is 5.06. The normalized spacial score (nSPS) is 10.4. The Morgan fingerprint density at radius 1 is 1.00 bits per heavy atom. The molecular weight excluding hydrogens is 308 g/mol. The molecule has 0 atom stereocenters. The van der Waals surface area contributed by atoms with Gasteiger partial charge in [-0.1, -0.05) is 24.3 Å². The Kier molecular flexibility index (Phi) is 4.07. The number of nitrogens with one attached hydrogen (secondary N) is 3. The molecule has 0 fully saturated rings. The highest BCUT2D eigenvalue weighted by molar-refractivity contribution is 6.11. The maximum absolute atomic E-state index is 12.5. The fraction of sp³-hybridized carbons (Fsp3) is 0.0588. The molecule has 7 nitrogen and oxygen atoms in total. The molecular formula is C17H14N4O3. The van der Waals surface area contributed by atoms with Crippen molar-refractivity contribution in [3.63, 3.8) is 0 Å². The Hall–Kier alpha value is -3.48. The number of fused-ring (bicyclic) bond motifs is 1. The average molecular weight is 322 g/mol. The van der Waals surface area contributed by atoms with Crippen LogP contribution in [0.1, 0.15) is 20.8 Å². The van der Waals surface area contributed by atoms with Gasteiger partial charge in [-0.15, -0.1) is 0 Å². The predicted octanol–water partition coefficient (Wildman–Crippen LogP) is 1.53. The molecule has 0 saturated carbocycles. The van der Waals surface area contributed by atoms with Crippen molar-refractivity contribution in [2.75, 3.05) is 12.4 Å². The first kappa shape index (κ1) is 15.4. The number of hydrogen-bond donors (Lipinski definition) is 3. The molecule has 1 aromatic heterocycles. The topological polar surface area (TPSA) is 104 Å². The molecule has 3 rings (SSSR count). The maximum Gasteiger partial charge on any atom is 0.276 e. The number of carbonyl (C=O) groups is 2. The molecule has 2 aromatic carbocycles. The van der Waals surface area contributed by atoms with Gasteiger partial charge < -0.3 is 10.6 Å². The minimum Gasteiger partial charge on any atom is -0.355 e. The van der Waals surface area contributed by atoms with E-state index in [4.69, 9.17) is 0 Å². The van der Waals surface area contributed by atoms with Gasteiger partial charge in [-0.05, 0) is 24.3 Å². The van der Waals surface area contributed by atoms with E-state index in [-0.39, 0.29) is 17.2 Å². The number of nitrogens with zero attached hydrogens (tertiary/aromatic N) is 1. The van der Waals surface area contributed by atoms with Gasteiger partial charge >= 0.3 is 0 Å². The summed E-state index contributed by atoms with van der Waals surface area (Å²) in [6, 6.07) is 13.3. The molecule has 0 spiro atoms. The first-order valence-electron chi connectivity index (χ1n) is 7.21. The van der Waals surface area contributed by atoms with Gasteiger partial charge in [-0.2, -0.15) is 5.10 Å². The summed E-state index contributed by atoms with van der Waals surface area (Å²) in [5.41, 5.74) is 0.632. The number of aromatic nitrogens is 2. The van der Waals surface area contributed by atoms with E-state index in [1.807, 2.05) is 0 Å². The Bertz CT molecular complexity index is 994. The van der Waals surface area contributed by atoms with Crippen molar-refractivity contribution < 1.29 is 9.59 Å². The highest BCUT2D eigenvalue weighted by Crippen LogP contribution is 2.16. The van der Waals surface area contributed by atoms with E-state index < -0.39 is 5.91 Å². The quantitative estimate of drug-likeness (QED) is 0.680. The van der Waals surface area contributed by atoms with Gasteiger partial charge in [-0.3, -0.25) is 14.4 Å². The molecule has 0 radical (unpaired) electrons. The van der Waals surface area contributed by atoms with Gasteiger partial charge in [0.1, 0.15) is 0 Å². The smallest absolute Gasteiger partial charge is 0.276 e. The summed E-state index contributed by atoms with van der Waals surface area (Å²) in [6.45, 7) is 0. The van der Waals surface area contributed by atoms with Gasteiger partial charge in [0.05, 0.1) is 5.39 Å². The Morgan fingerprint density at radius 3 is 2.50 bits per heavy atom. The summed E-state index contributed by atoms with van der Waals surface area (Å²) < 4.78 is 0. The molecule has 0 saturated heterocycles. The number of benzene rings is 2. The van der Waals surface area contributed by atoms with Crippen LogP contribution in [-0.2, 0) is 0 Å². The SMILES string of the molecule is CNC(=O)c1cccc(NC(=O)c2n[nH]c(=O)c3ccccc23)c1. The molecule has 0 aliphatic carbocycles.